The number of rotatable bonds is 6. The lowest BCUT2D eigenvalue weighted by Gasteiger charge is -2.22. The number of alkyl halides is 4. The first-order chi connectivity index (χ1) is 8.35. The average molecular weight is 328 g/mol. The Kier molecular flexibility index (Phi) is 5.65. The Labute approximate surface area is 113 Å². The molecular weight excluding hydrogens is 311 g/mol. The highest BCUT2D eigenvalue weighted by Gasteiger charge is 2.30. The molecule has 0 fully saturated rings. The van der Waals surface area contributed by atoms with Gasteiger partial charge in [-0.05, 0) is 19.9 Å². The van der Waals surface area contributed by atoms with Gasteiger partial charge in [0.2, 0.25) is 0 Å². The first-order valence-electron chi connectivity index (χ1n) is 5.74. The minimum Gasteiger partial charge on any atom is -0.288 e. The summed E-state index contributed by atoms with van der Waals surface area (Å²) < 4.78 is 39.1. The molecule has 0 N–H and O–H groups in total. The van der Waals surface area contributed by atoms with Crippen LogP contribution in [0.15, 0.2) is 6.07 Å². The van der Waals surface area contributed by atoms with E-state index in [1.165, 1.54) is 4.90 Å². The summed E-state index contributed by atoms with van der Waals surface area (Å²) in [5.41, 5.74) is 1.65. The Balaban J connectivity index is 2.75. The molecule has 0 aliphatic carbocycles. The third-order valence-electron chi connectivity index (χ3n) is 2.47. The summed E-state index contributed by atoms with van der Waals surface area (Å²) in [5, 5.41) is 4.75. The summed E-state index contributed by atoms with van der Waals surface area (Å²) in [4.78, 5) is 1.37. The highest BCUT2D eigenvalue weighted by atomic mass is 79.9. The van der Waals surface area contributed by atoms with Gasteiger partial charge in [-0.2, -0.15) is 18.3 Å². The van der Waals surface area contributed by atoms with Crippen molar-refractivity contribution < 1.29 is 13.2 Å². The molecule has 1 aromatic rings. The van der Waals surface area contributed by atoms with Gasteiger partial charge in [0.1, 0.15) is 0 Å². The molecule has 104 valence electrons. The van der Waals surface area contributed by atoms with Gasteiger partial charge in [-0.1, -0.05) is 15.9 Å². The maximum absolute atomic E-state index is 12.4. The van der Waals surface area contributed by atoms with Crippen molar-refractivity contribution in [3.63, 3.8) is 0 Å². The topological polar surface area (TPSA) is 21.1 Å². The summed E-state index contributed by atoms with van der Waals surface area (Å²) in [6.45, 7) is 4.15. The smallest absolute Gasteiger partial charge is 0.288 e. The first-order valence-corrected chi connectivity index (χ1v) is 6.86. The number of halogens is 4. The molecule has 0 amide bonds. The zero-order valence-corrected chi connectivity index (χ0v) is 12.1. The number of nitrogens with zero attached hydrogens (tertiary/aromatic N) is 3. The van der Waals surface area contributed by atoms with Gasteiger partial charge in [0.05, 0.1) is 17.9 Å². The Morgan fingerprint density at radius 2 is 2.11 bits per heavy atom. The van der Waals surface area contributed by atoms with Crippen LogP contribution in [-0.4, -0.2) is 39.3 Å². The lowest BCUT2D eigenvalue weighted by atomic mass is 10.3. The van der Waals surface area contributed by atoms with Crippen LogP contribution in [0.1, 0.15) is 18.3 Å². The molecule has 18 heavy (non-hydrogen) atoms. The normalized spacial score (nSPS) is 12.4. The Bertz CT molecular complexity index is 376. The second-order valence-corrected chi connectivity index (χ2v) is 4.90. The van der Waals surface area contributed by atoms with Gasteiger partial charge in [0, 0.05) is 25.0 Å². The lowest BCUT2D eigenvalue weighted by Crippen LogP contribution is -2.35. The van der Waals surface area contributed by atoms with E-state index in [-0.39, 0.29) is 6.54 Å². The zero-order valence-electron chi connectivity index (χ0n) is 10.5. The fourth-order valence-corrected chi connectivity index (χ4v) is 2.32. The SMILES string of the molecule is CCn1nc(C)cc1CN(CCBr)CC(F)(F)F. The molecule has 0 atom stereocenters. The van der Waals surface area contributed by atoms with Crippen LogP contribution < -0.4 is 0 Å². The molecule has 7 heteroatoms. The van der Waals surface area contributed by atoms with Crippen LogP contribution in [0, 0.1) is 6.92 Å². The Morgan fingerprint density at radius 3 is 2.61 bits per heavy atom. The van der Waals surface area contributed by atoms with E-state index in [2.05, 4.69) is 21.0 Å². The minimum absolute atomic E-state index is 0.264. The minimum atomic E-state index is -4.17. The van der Waals surface area contributed by atoms with Crippen molar-refractivity contribution in [1.29, 1.82) is 0 Å². The maximum Gasteiger partial charge on any atom is 0.401 e. The quantitative estimate of drug-likeness (QED) is 0.749. The highest BCUT2D eigenvalue weighted by Crippen LogP contribution is 2.18. The van der Waals surface area contributed by atoms with Crippen LogP contribution in [0.4, 0.5) is 13.2 Å². The van der Waals surface area contributed by atoms with E-state index in [0.29, 0.717) is 18.4 Å². The summed E-state index contributed by atoms with van der Waals surface area (Å²) in [6, 6.07) is 1.83. The summed E-state index contributed by atoms with van der Waals surface area (Å²) >= 11 is 3.18. The standard InChI is InChI=1S/C11H17BrF3N3/c1-3-18-10(6-9(2)16-18)7-17(5-4-12)8-11(13,14)15/h6H,3-5,7-8H2,1-2H3. The van der Waals surface area contributed by atoms with E-state index in [4.69, 9.17) is 0 Å². The third kappa shape index (κ3) is 4.97. The molecule has 0 saturated carbocycles. The molecular formula is C11H17BrF3N3. The van der Waals surface area contributed by atoms with Gasteiger partial charge in [-0.3, -0.25) is 9.58 Å². The summed E-state index contributed by atoms with van der Waals surface area (Å²) in [6.07, 6.45) is -4.17. The summed E-state index contributed by atoms with van der Waals surface area (Å²) in [5.74, 6) is 0. The second kappa shape index (κ2) is 6.56. The van der Waals surface area contributed by atoms with Gasteiger partial charge in [-0.25, -0.2) is 0 Å². The number of aromatic nitrogens is 2. The van der Waals surface area contributed by atoms with Crippen molar-refractivity contribution in [3.8, 4) is 0 Å². The van der Waals surface area contributed by atoms with Crippen LogP contribution in [-0.2, 0) is 13.1 Å². The fraction of sp³-hybridized carbons (Fsp3) is 0.727. The molecule has 0 aliphatic heterocycles. The lowest BCUT2D eigenvalue weighted by molar-refractivity contribution is -0.146. The van der Waals surface area contributed by atoms with Gasteiger partial charge in [0.15, 0.2) is 0 Å². The molecule has 1 rings (SSSR count). The van der Waals surface area contributed by atoms with E-state index in [1.54, 1.807) is 4.68 Å². The monoisotopic (exact) mass is 327 g/mol. The largest absolute Gasteiger partial charge is 0.401 e. The van der Waals surface area contributed by atoms with Crippen LogP contribution in [0.3, 0.4) is 0 Å². The van der Waals surface area contributed by atoms with Crippen LogP contribution >= 0.6 is 15.9 Å². The average Bonchev–Trinajstić information content (AvgIpc) is 2.56. The van der Waals surface area contributed by atoms with Crippen molar-refractivity contribution >= 4 is 15.9 Å². The molecule has 0 radical (unpaired) electrons. The fourth-order valence-electron chi connectivity index (χ4n) is 1.82. The highest BCUT2D eigenvalue weighted by molar-refractivity contribution is 9.09. The van der Waals surface area contributed by atoms with E-state index in [9.17, 15) is 13.2 Å². The molecule has 1 heterocycles. The van der Waals surface area contributed by atoms with E-state index >= 15 is 0 Å². The molecule has 0 spiro atoms. The number of hydrogen-bond acceptors (Lipinski definition) is 2. The van der Waals surface area contributed by atoms with Gasteiger partial charge in [0.25, 0.3) is 0 Å². The molecule has 0 bridgehead atoms. The van der Waals surface area contributed by atoms with Crippen molar-refractivity contribution in [3.05, 3.63) is 17.5 Å². The first kappa shape index (κ1) is 15.5. The zero-order chi connectivity index (χ0) is 13.8. The van der Waals surface area contributed by atoms with Crippen molar-refractivity contribution in [2.75, 3.05) is 18.4 Å². The second-order valence-electron chi connectivity index (χ2n) is 4.11. The molecule has 0 unspecified atom stereocenters. The van der Waals surface area contributed by atoms with Gasteiger partial charge in [-0.15, -0.1) is 0 Å². The van der Waals surface area contributed by atoms with Crippen molar-refractivity contribution in [2.45, 2.75) is 33.1 Å². The van der Waals surface area contributed by atoms with E-state index < -0.39 is 12.7 Å². The maximum atomic E-state index is 12.4. The van der Waals surface area contributed by atoms with Crippen LogP contribution in [0.25, 0.3) is 0 Å². The predicted octanol–water partition coefficient (Wildman–Crippen LogP) is 2.97. The van der Waals surface area contributed by atoms with Crippen molar-refractivity contribution in [2.24, 2.45) is 0 Å². The third-order valence-corrected chi connectivity index (χ3v) is 2.83. The number of hydrogen-bond donors (Lipinski definition) is 0. The molecule has 0 saturated heterocycles. The molecule has 1 aromatic heterocycles. The van der Waals surface area contributed by atoms with E-state index in [1.807, 2.05) is 19.9 Å². The Hall–Kier alpha value is -0.560. The van der Waals surface area contributed by atoms with Crippen LogP contribution in [0.2, 0.25) is 0 Å². The van der Waals surface area contributed by atoms with Gasteiger partial charge >= 0.3 is 6.18 Å². The molecule has 0 aromatic carbocycles. The summed E-state index contributed by atoms with van der Waals surface area (Å²) in [7, 11) is 0. The molecule has 3 nitrogen and oxygen atoms in total. The van der Waals surface area contributed by atoms with E-state index in [0.717, 1.165) is 11.4 Å². The van der Waals surface area contributed by atoms with Gasteiger partial charge < -0.3 is 0 Å². The number of aryl methyl sites for hydroxylation is 2. The molecule has 0 aliphatic rings. The van der Waals surface area contributed by atoms with Crippen LogP contribution in [0.5, 0.6) is 0 Å². The Morgan fingerprint density at radius 1 is 1.44 bits per heavy atom. The predicted molar refractivity (Wildman–Crippen MR) is 67.8 cm³/mol. The van der Waals surface area contributed by atoms with Crippen molar-refractivity contribution in [1.82, 2.24) is 14.7 Å².